The molecule has 3 heteroatoms. The van der Waals surface area contributed by atoms with Crippen LogP contribution in [0, 0.1) is 0 Å². The average molecular weight is 161 g/mol. The summed E-state index contributed by atoms with van der Waals surface area (Å²) in [6.07, 6.45) is 0. The summed E-state index contributed by atoms with van der Waals surface area (Å²) in [5, 5.41) is 0.124. The fourth-order valence-corrected chi connectivity index (χ4v) is 0.406. The maximum atomic E-state index is 10.7. The number of rotatable bonds is 3. The second kappa shape index (κ2) is 4.12. The van der Waals surface area contributed by atoms with Crippen molar-refractivity contribution in [1.82, 2.24) is 0 Å². The zero-order chi connectivity index (χ0) is 8.15. The minimum Gasteiger partial charge on any atom is -0.462 e. The largest absolute Gasteiger partial charge is 0.462 e. The van der Waals surface area contributed by atoms with E-state index in [0.717, 1.165) is 0 Å². The maximum absolute atomic E-state index is 10.7. The van der Waals surface area contributed by atoms with Gasteiger partial charge in [-0.15, -0.1) is 0 Å². The highest BCUT2D eigenvalue weighted by molar-refractivity contribution is 6.34. The van der Waals surface area contributed by atoms with Gasteiger partial charge in [0.15, 0.2) is 0 Å². The number of halogens is 1. The van der Waals surface area contributed by atoms with E-state index in [-0.39, 0.29) is 10.6 Å². The van der Waals surface area contributed by atoms with Crippen LogP contribution < -0.4 is 0 Å². The highest BCUT2D eigenvalue weighted by Gasteiger charge is 2.08. The molecule has 0 aliphatic rings. The lowest BCUT2D eigenvalue weighted by Crippen LogP contribution is -2.06. The van der Waals surface area contributed by atoms with Crippen molar-refractivity contribution in [3.8, 4) is 0 Å². The number of carbonyl (C=O) groups is 1. The van der Waals surface area contributed by atoms with E-state index in [2.05, 4.69) is 17.9 Å². The van der Waals surface area contributed by atoms with Crippen molar-refractivity contribution in [2.24, 2.45) is 0 Å². The Labute approximate surface area is 65.1 Å². The molecule has 0 aromatic carbocycles. The number of carbonyl (C=O) groups excluding carboxylic acids is 1. The van der Waals surface area contributed by atoms with Crippen molar-refractivity contribution in [3.05, 3.63) is 23.8 Å². The lowest BCUT2D eigenvalue weighted by molar-refractivity contribution is -0.138. The van der Waals surface area contributed by atoms with E-state index in [4.69, 9.17) is 11.6 Å². The van der Waals surface area contributed by atoms with Gasteiger partial charge in [-0.3, -0.25) is 0 Å². The highest BCUT2D eigenvalue weighted by atomic mass is 35.5. The Kier molecular flexibility index (Phi) is 3.81. The Morgan fingerprint density at radius 3 is 2.40 bits per heavy atom. The number of ether oxygens (including phenoxy) is 1. The first-order valence-electron chi connectivity index (χ1n) is 2.80. The van der Waals surface area contributed by atoms with Gasteiger partial charge in [0.05, 0.1) is 12.2 Å². The lowest BCUT2D eigenvalue weighted by Gasteiger charge is -2.01. The molecule has 0 saturated heterocycles. The smallest absolute Gasteiger partial charge is 0.339 e. The number of esters is 1. The van der Waals surface area contributed by atoms with E-state index in [1.54, 1.807) is 6.92 Å². The van der Waals surface area contributed by atoms with Crippen molar-refractivity contribution in [3.63, 3.8) is 0 Å². The molecule has 0 unspecified atom stereocenters. The first kappa shape index (κ1) is 9.24. The molecule has 0 aliphatic carbocycles. The van der Waals surface area contributed by atoms with Crippen LogP contribution in [0.25, 0.3) is 0 Å². The van der Waals surface area contributed by atoms with Crippen LogP contribution in [0.15, 0.2) is 23.8 Å². The fraction of sp³-hybridized carbons (Fsp3) is 0.286. The summed E-state index contributed by atoms with van der Waals surface area (Å²) < 4.78 is 4.58. The third-order valence-corrected chi connectivity index (χ3v) is 1.08. The maximum Gasteiger partial charge on any atom is 0.339 e. The fourth-order valence-electron chi connectivity index (χ4n) is 0.329. The number of hydrogen-bond acceptors (Lipinski definition) is 2. The standard InChI is InChI=1S/C7H9ClO2/c1-4-10-7(9)5(2)6(3)8/h2-4H2,1H3. The Hall–Kier alpha value is -0.760. The minimum atomic E-state index is -0.512. The molecule has 0 spiro atoms. The van der Waals surface area contributed by atoms with Gasteiger partial charge in [0.25, 0.3) is 0 Å². The third-order valence-electron chi connectivity index (χ3n) is 0.849. The van der Waals surface area contributed by atoms with Crippen molar-refractivity contribution in [2.45, 2.75) is 6.92 Å². The van der Waals surface area contributed by atoms with E-state index in [9.17, 15) is 4.79 Å². The first-order valence-corrected chi connectivity index (χ1v) is 3.18. The van der Waals surface area contributed by atoms with E-state index >= 15 is 0 Å². The quantitative estimate of drug-likeness (QED) is 0.358. The van der Waals surface area contributed by atoms with Crippen molar-refractivity contribution >= 4 is 17.6 Å². The van der Waals surface area contributed by atoms with Crippen LogP contribution in [0.3, 0.4) is 0 Å². The molecule has 0 aliphatic heterocycles. The molecule has 0 atom stereocenters. The SMILES string of the molecule is C=C(Cl)C(=C)C(=O)OCC. The van der Waals surface area contributed by atoms with Crippen molar-refractivity contribution in [2.75, 3.05) is 6.61 Å². The van der Waals surface area contributed by atoms with Gasteiger partial charge in [0.2, 0.25) is 0 Å². The predicted molar refractivity (Wildman–Crippen MR) is 40.8 cm³/mol. The highest BCUT2D eigenvalue weighted by Crippen LogP contribution is 2.10. The van der Waals surface area contributed by atoms with Crippen LogP contribution in [0.4, 0.5) is 0 Å². The molecule has 0 fully saturated rings. The van der Waals surface area contributed by atoms with E-state index in [1.165, 1.54) is 0 Å². The Balaban J connectivity index is 3.96. The zero-order valence-electron chi connectivity index (χ0n) is 5.82. The van der Waals surface area contributed by atoms with Crippen LogP contribution in [-0.4, -0.2) is 12.6 Å². The molecule has 0 N–H and O–H groups in total. The van der Waals surface area contributed by atoms with Gasteiger partial charge >= 0.3 is 5.97 Å². The molecule has 0 rings (SSSR count). The van der Waals surface area contributed by atoms with Crippen LogP contribution >= 0.6 is 11.6 Å². The molecule has 56 valence electrons. The Morgan fingerprint density at radius 1 is 1.60 bits per heavy atom. The van der Waals surface area contributed by atoms with E-state index < -0.39 is 5.97 Å². The molecule has 10 heavy (non-hydrogen) atoms. The van der Waals surface area contributed by atoms with Crippen LogP contribution in [0.5, 0.6) is 0 Å². The lowest BCUT2D eigenvalue weighted by atomic mass is 10.3. The van der Waals surface area contributed by atoms with Crippen LogP contribution in [0.1, 0.15) is 6.92 Å². The summed E-state index contributed by atoms with van der Waals surface area (Å²) in [7, 11) is 0. The van der Waals surface area contributed by atoms with Gasteiger partial charge in [0.1, 0.15) is 0 Å². The Bertz CT molecular complexity index is 172. The topological polar surface area (TPSA) is 26.3 Å². The molecule has 2 nitrogen and oxygen atoms in total. The molecule has 0 radical (unpaired) electrons. The van der Waals surface area contributed by atoms with Crippen molar-refractivity contribution < 1.29 is 9.53 Å². The van der Waals surface area contributed by atoms with E-state index in [0.29, 0.717) is 6.61 Å². The summed E-state index contributed by atoms with van der Waals surface area (Å²) in [5.41, 5.74) is 0.114. The van der Waals surface area contributed by atoms with Gasteiger partial charge in [-0.1, -0.05) is 24.8 Å². The molecule has 0 saturated carbocycles. The molecular weight excluding hydrogens is 152 g/mol. The number of hydrogen-bond donors (Lipinski definition) is 0. The van der Waals surface area contributed by atoms with Crippen molar-refractivity contribution in [1.29, 1.82) is 0 Å². The minimum absolute atomic E-state index is 0.114. The summed E-state index contributed by atoms with van der Waals surface area (Å²) in [6, 6.07) is 0. The summed E-state index contributed by atoms with van der Waals surface area (Å²) in [4.78, 5) is 10.7. The van der Waals surface area contributed by atoms with Gasteiger partial charge in [-0.05, 0) is 6.92 Å². The summed E-state index contributed by atoms with van der Waals surface area (Å²) >= 11 is 5.36. The van der Waals surface area contributed by atoms with Gasteiger partial charge in [-0.2, -0.15) is 0 Å². The molecule has 0 heterocycles. The monoisotopic (exact) mass is 160 g/mol. The Morgan fingerprint density at radius 2 is 2.10 bits per heavy atom. The van der Waals surface area contributed by atoms with Gasteiger partial charge in [-0.25, -0.2) is 4.79 Å². The normalized spacial score (nSPS) is 8.60. The zero-order valence-corrected chi connectivity index (χ0v) is 6.57. The van der Waals surface area contributed by atoms with Gasteiger partial charge < -0.3 is 4.74 Å². The molecule has 0 amide bonds. The average Bonchev–Trinajstić information content (AvgIpc) is 1.87. The van der Waals surface area contributed by atoms with Crippen LogP contribution in [-0.2, 0) is 9.53 Å². The molecule has 0 aromatic heterocycles. The third kappa shape index (κ3) is 2.69. The first-order chi connectivity index (χ1) is 4.59. The summed E-state index contributed by atoms with van der Waals surface area (Å²) in [6.45, 7) is 8.72. The summed E-state index contributed by atoms with van der Waals surface area (Å²) in [5.74, 6) is -0.512. The molecule has 0 aromatic rings. The van der Waals surface area contributed by atoms with E-state index in [1.807, 2.05) is 0 Å². The van der Waals surface area contributed by atoms with Gasteiger partial charge in [0, 0.05) is 5.03 Å². The van der Waals surface area contributed by atoms with Crippen LogP contribution in [0.2, 0.25) is 0 Å². The second-order valence-electron chi connectivity index (χ2n) is 1.60. The molecule has 0 bridgehead atoms. The molecular formula is C7H9ClO2. The predicted octanol–water partition coefficient (Wildman–Crippen LogP) is 1.86. The second-order valence-corrected chi connectivity index (χ2v) is 2.06.